The first kappa shape index (κ1) is 17.2. The SMILES string of the molecule is CSC(=Nc1c(Cl)cc(OC(F)(F)F)cc1I)NC#N. The van der Waals surface area contributed by atoms with Crippen molar-refractivity contribution in [3.63, 3.8) is 0 Å². The molecule has 1 N–H and O–H groups in total. The van der Waals surface area contributed by atoms with Crippen LogP contribution in [0.4, 0.5) is 18.9 Å². The van der Waals surface area contributed by atoms with Crippen LogP contribution < -0.4 is 10.1 Å². The zero-order valence-electron chi connectivity index (χ0n) is 9.76. The van der Waals surface area contributed by atoms with Gasteiger partial charge in [0.05, 0.1) is 10.7 Å². The lowest BCUT2D eigenvalue weighted by Crippen LogP contribution is -2.17. The molecule has 0 saturated carbocycles. The molecule has 20 heavy (non-hydrogen) atoms. The van der Waals surface area contributed by atoms with E-state index in [-0.39, 0.29) is 15.9 Å². The van der Waals surface area contributed by atoms with Gasteiger partial charge < -0.3 is 4.74 Å². The number of aliphatic imine (C=N–C) groups is 1. The molecular weight excluding hydrogens is 430 g/mol. The van der Waals surface area contributed by atoms with Crippen molar-refractivity contribution in [2.75, 3.05) is 6.26 Å². The van der Waals surface area contributed by atoms with Gasteiger partial charge in [-0.2, -0.15) is 5.26 Å². The monoisotopic (exact) mass is 435 g/mol. The zero-order chi connectivity index (χ0) is 15.3. The molecule has 1 aromatic rings. The summed E-state index contributed by atoms with van der Waals surface area (Å²) >= 11 is 8.83. The van der Waals surface area contributed by atoms with Crippen LogP contribution in [0.1, 0.15) is 0 Å². The molecule has 0 saturated heterocycles. The Bertz CT molecular complexity index is 551. The van der Waals surface area contributed by atoms with Crippen LogP contribution in [0.15, 0.2) is 17.1 Å². The molecule has 0 radical (unpaired) electrons. The van der Waals surface area contributed by atoms with E-state index >= 15 is 0 Å². The number of amidine groups is 1. The molecule has 0 heterocycles. The van der Waals surface area contributed by atoms with Gasteiger partial charge in [-0.25, -0.2) is 4.99 Å². The summed E-state index contributed by atoms with van der Waals surface area (Å²) in [5, 5.41) is 11.1. The van der Waals surface area contributed by atoms with Gasteiger partial charge in [0.1, 0.15) is 5.75 Å². The first-order valence-electron chi connectivity index (χ1n) is 4.79. The Labute approximate surface area is 135 Å². The number of benzene rings is 1. The molecule has 0 aliphatic heterocycles. The number of halogens is 5. The van der Waals surface area contributed by atoms with Crippen LogP contribution >= 0.6 is 46.0 Å². The van der Waals surface area contributed by atoms with Gasteiger partial charge >= 0.3 is 6.36 Å². The summed E-state index contributed by atoms with van der Waals surface area (Å²) in [6.07, 6.45) is -1.40. The Kier molecular flexibility index (Phi) is 6.22. The number of thioether (sulfide) groups is 1. The standard InChI is InChI=1S/C10H6ClF3IN3OS/c1-20-9(17-4-16)18-8-6(11)2-5(3-7(8)15)19-10(12,13)14/h2-3H,1H3,(H,17,18). The van der Waals surface area contributed by atoms with Gasteiger partial charge in [0.2, 0.25) is 0 Å². The minimum atomic E-state index is -4.79. The lowest BCUT2D eigenvalue weighted by molar-refractivity contribution is -0.274. The van der Waals surface area contributed by atoms with Gasteiger partial charge in [-0.05, 0) is 34.9 Å². The van der Waals surface area contributed by atoms with Crippen molar-refractivity contribution < 1.29 is 17.9 Å². The number of ether oxygens (including phenoxy) is 1. The number of nitriles is 1. The van der Waals surface area contributed by atoms with Crippen molar-refractivity contribution in [3.8, 4) is 11.9 Å². The average Bonchev–Trinajstić information content (AvgIpc) is 2.30. The number of hydrogen-bond donors (Lipinski definition) is 1. The van der Waals surface area contributed by atoms with E-state index in [4.69, 9.17) is 16.9 Å². The van der Waals surface area contributed by atoms with Crippen LogP contribution in [-0.2, 0) is 0 Å². The summed E-state index contributed by atoms with van der Waals surface area (Å²) in [6.45, 7) is 0. The molecular formula is C10H6ClF3IN3OS. The molecule has 0 aliphatic carbocycles. The van der Waals surface area contributed by atoms with Gasteiger partial charge in [-0.15, -0.1) is 13.2 Å². The van der Waals surface area contributed by atoms with Crippen LogP contribution in [0.5, 0.6) is 5.75 Å². The molecule has 0 aliphatic rings. The van der Waals surface area contributed by atoms with E-state index < -0.39 is 12.1 Å². The maximum absolute atomic E-state index is 12.1. The van der Waals surface area contributed by atoms with Gasteiger partial charge in [0, 0.05) is 9.64 Å². The molecule has 4 nitrogen and oxygen atoms in total. The molecule has 10 heteroatoms. The van der Waals surface area contributed by atoms with Gasteiger partial charge in [0.15, 0.2) is 11.4 Å². The Morgan fingerprint density at radius 2 is 2.20 bits per heavy atom. The second-order valence-electron chi connectivity index (χ2n) is 3.14. The zero-order valence-corrected chi connectivity index (χ0v) is 13.5. The van der Waals surface area contributed by atoms with E-state index in [0.29, 0.717) is 3.57 Å². The van der Waals surface area contributed by atoms with Crippen LogP contribution in [0.25, 0.3) is 0 Å². The van der Waals surface area contributed by atoms with E-state index in [0.717, 1.165) is 23.9 Å². The maximum atomic E-state index is 12.1. The summed E-state index contributed by atoms with van der Waals surface area (Å²) in [5.41, 5.74) is 0.258. The van der Waals surface area contributed by atoms with Crippen LogP contribution in [0.3, 0.4) is 0 Å². The third-order valence-electron chi connectivity index (χ3n) is 1.79. The molecule has 0 aromatic heterocycles. The predicted octanol–water partition coefficient (Wildman–Crippen LogP) is 4.26. The molecule has 0 unspecified atom stereocenters. The van der Waals surface area contributed by atoms with Gasteiger partial charge in [-0.3, -0.25) is 5.32 Å². The first-order valence-corrected chi connectivity index (χ1v) is 7.47. The van der Waals surface area contributed by atoms with E-state index in [1.807, 2.05) is 0 Å². The Morgan fingerprint density at radius 1 is 1.55 bits per heavy atom. The highest BCUT2D eigenvalue weighted by molar-refractivity contribution is 14.1. The van der Waals surface area contributed by atoms with Crippen LogP contribution in [0, 0.1) is 15.0 Å². The minimum Gasteiger partial charge on any atom is -0.406 e. The maximum Gasteiger partial charge on any atom is 0.573 e. The summed E-state index contributed by atoms with van der Waals surface area (Å²) in [5.74, 6) is -0.426. The highest BCUT2D eigenvalue weighted by Gasteiger charge is 2.31. The summed E-state index contributed by atoms with van der Waals surface area (Å²) in [4.78, 5) is 4.07. The number of nitrogens with zero attached hydrogens (tertiary/aromatic N) is 2. The van der Waals surface area contributed by atoms with Crippen LogP contribution in [0.2, 0.25) is 5.02 Å². The third kappa shape index (κ3) is 5.26. The second-order valence-corrected chi connectivity index (χ2v) is 5.51. The van der Waals surface area contributed by atoms with Gasteiger partial charge in [0.25, 0.3) is 0 Å². The highest BCUT2D eigenvalue weighted by Crippen LogP contribution is 2.36. The fourth-order valence-electron chi connectivity index (χ4n) is 1.12. The quantitative estimate of drug-likeness (QED) is 0.248. The first-order chi connectivity index (χ1) is 9.26. The second kappa shape index (κ2) is 7.24. The van der Waals surface area contributed by atoms with E-state index in [1.165, 1.54) is 0 Å². The molecule has 108 valence electrons. The smallest absolute Gasteiger partial charge is 0.406 e. The molecule has 0 fully saturated rings. The molecule has 0 spiro atoms. The molecule has 0 amide bonds. The largest absolute Gasteiger partial charge is 0.573 e. The molecule has 0 atom stereocenters. The number of hydrogen-bond acceptors (Lipinski definition) is 4. The van der Waals surface area contributed by atoms with E-state index in [1.54, 1.807) is 35.0 Å². The average molecular weight is 436 g/mol. The number of nitrogens with one attached hydrogen (secondary N) is 1. The highest BCUT2D eigenvalue weighted by atomic mass is 127. The van der Waals surface area contributed by atoms with Crippen LogP contribution in [-0.4, -0.2) is 17.8 Å². The summed E-state index contributed by atoms with van der Waals surface area (Å²) in [7, 11) is 0. The van der Waals surface area contributed by atoms with E-state index in [9.17, 15) is 13.2 Å². The fourth-order valence-corrected chi connectivity index (χ4v) is 2.57. The predicted molar refractivity (Wildman–Crippen MR) is 80.2 cm³/mol. The lowest BCUT2D eigenvalue weighted by atomic mass is 10.3. The van der Waals surface area contributed by atoms with Gasteiger partial charge in [-0.1, -0.05) is 23.4 Å². The van der Waals surface area contributed by atoms with Crippen molar-refractivity contribution in [2.45, 2.75) is 6.36 Å². The minimum absolute atomic E-state index is 0.0116. The number of rotatable bonds is 2. The Hall–Kier alpha value is -0.860. The van der Waals surface area contributed by atoms with Crippen molar-refractivity contribution in [3.05, 3.63) is 20.7 Å². The molecule has 1 aromatic carbocycles. The van der Waals surface area contributed by atoms with E-state index in [2.05, 4.69) is 15.0 Å². The number of alkyl halides is 3. The molecule has 0 bridgehead atoms. The van der Waals surface area contributed by atoms with Crippen molar-refractivity contribution >= 4 is 56.8 Å². The Balaban J connectivity index is 3.16. The fraction of sp³-hybridized carbons (Fsp3) is 0.200. The summed E-state index contributed by atoms with van der Waals surface area (Å²) in [6, 6.07) is 2.17. The topological polar surface area (TPSA) is 57.4 Å². The lowest BCUT2D eigenvalue weighted by Gasteiger charge is -2.11. The third-order valence-corrected chi connectivity index (χ3v) is 3.48. The van der Waals surface area contributed by atoms with Crippen molar-refractivity contribution in [2.24, 2.45) is 4.99 Å². The Morgan fingerprint density at radius 3 is 2.65 bits per heavy atom. The van der Waals surface area contributed by atoms with Crippen molar-refractivity contribution in [1.29, 1.82) is 5.26 Å². The molecule has 1 rings (SSSR count). The van der Waals surface area contributed by atoms with Crippen molar-refractivity contribution in [1.82, 2.24) is 5.32 Å². The summed E-state index contributed by atoms with van der Waals surface area (Å²) < 4.78 is 40.5. The normalized spacial score (nSPS) is 11.9.